The molecule has 0 aliphatic carbocycles. The van der Waals surface area contributed by atoms with E-state index in [-0.39, 0.29) is 44.5 Å². The van der Waals surface area contributed by atoms with Crippen LogP contribution >= 0.6 is 0 Å². The monoisotopic (exact) mass is 252 g/mol. The highest BCUT2D eigenvalue weighted by Crippen LogP contribution is 2.11. The van der Waals surface area contributed by atoms with E-state index in [4.69, 9.17) is 10.2 Å². The standard InChI is InChI=1S/C8H12FN3O3.ClH/c9-6-5-10-8(15)11-7(6)12(1-3-13)2-4-14;/h5,13-14H,1-4H2,(H,10,11,15);1H/p-1. The minimum absolute atomic E-state index is 0. The van der Waals surface area contributed by atoms with Crippen LogP contribution in [-0.2, 0) is 0 Å². The van der Waals surface area contributed by atoms with Crippen LogP contribution < -0.4 is 23.0 Å². The van der Waals surface area contributed by atoms with E-state index in [1.165, 1.54) is 4.90 Å². The van der Waals surface area contributed by atoms with Gasteiger partial charge in [-0.1, -0.05) is 0 Å². The molecule has 0 atom stereocenters. The van der Waals surface area contributed by atoms with Crippen LogP contribution in [0.15, 0.2) is 11.0 Å². The van der Waals surface area contributed by atoms with E-state index in [1.54, 1.807) is 0 Å². The molecule has 1 aromatic rings. The molecule has 1 aromatic heterocycles. The molecule has 1 rings (SSSR count). The highest BCUT2D eigenvalue weighted by atomic mass is 35.5. The lowest BCUT2D eigenvalue weighted by Crippen LogP contribution is -3.00. The third kappa shape index (κ3) is 3.76. The van der Waals surface area contributed by atoms with Gasteiger partial charge in [-0.05, 0) is 0 Å². The van der Waals surface area contributed by atoms with Crippen LogP contribution in [0.3, 0.4) is 0 Å². The molecule has 3 N–H and O–H groups in total. The number of aliphatic hydroxyl groups excluding tert-OH is 2. The Morgan fingerprint density at radius 1 is 1.38 bits per heavy atom. The summed E-state index contributed by atoms with van der Waals surface area (Å²) in [5, 5.41) is 17.5. The molecule has 0 aromatic carbocycles. The second kappa shape index (κ2) is 7.15. The number of anilines is 1. The molecule has 0 bridgehead atoms. The summed E-state index contributed by atoms with van der Waals surface area (Å²) in [6, 6.07) is 0. The van der Waals surface area contributed by atoms with Gasteiger partial charge in [-0.15, -0.1) is 0 Å². The molecular weight excluding hydrogens is 241 g/mol. The molecule has 0 saturated heterocycles. The van der Waals surface area contributed by atoms with Crippen LogP contribution in [0, 0.1) is 5.82 Å². The second-order valence-corrected chi connectivity index (χ2v) is 2.82. The molecule has 0 unspecified atom stereocenters. The van der Waals surface area contributed by atoms with Gasteiger partial charge in [-0.3, -0.25) is 4.98 Å². The topological polar surface area (TPSA) is 89.5 Å². The van der Waals surface area contributed by atoms with Crippen LogP contribution in [0.2, 0.25) is 0 Å². The van der Waals surface area contributed by atoms with Gasteiger partial charge in [0.15, 0.2) is 5.82 Å². The zero-order valence-corrected chi connectivity index (χ0v) is 9.11. The van der Waals surface area contributed by atoms with Crippen molar-refractivity contribution in [2.45, 2.75) is 0 Å². The third-order valence-electron chi connectivity index (χ3n) is 1.80. The number of hydrogen-bond donors (Lipinski definition) is 3. The van der Waals surface area contributed by atoms with Gasteiger partial charge >= 0.3 is 5.69 Å². The number of aliphatic hydroxyl groups is 2. The van der Waals surface area contributed by atoms with Crippen molar-refractivity contribution in [3.8, 4) is 0 Å². The van der Waals surface area contributed by atoms with Gasteiger partial charge in [0.2, 0.25) is 0 Å². The summed E-state index contributed by atoms with van der Waals surface area (Å²) in [4.78, 5) is 17.6. The average Bonchev–Trinajstić information content (AvgIpc) is 2.21. The largest absolute Gasteiger partial charge is 1.00 e. The fourth-order valence-electron chi connectivity index (χ4n) is 1.18. The average molecular weight is 253 g/mol. The van der Waals surface area contributed by atoms with E-state index in [1.807, 2.05) is 0 Å². The Kier molecular flexibility index (Phi) is 6.63. The van der Waals surface area contributed by atoms with E-state index in [0.717, 1.165) is 6.20 Å². The maximum absolute atomic E-state index is 13.2. The SMILES string of the molecule is O=c1ncc(F)c(N(CCO)CCO)[nH]1.[Cl-]. The Morgan fingerprint density at radius 3 is 2.44 bits per heavy atom. The first-order valence-corrected chi connectivity index (χ1v) is 4.40. The van der Waals surface area contributed by atoms with Crippen molar-refractivity contribution in [3.05, 3.63) is 22.5 Å². The maximum Gasteiger partial charge on any atom is 0.346 e. The van der Waals surface area contributed by atoms with E-state index in [9.17, 15) is 9.18 Å². The first-order chi connectivity index (χ1) is 7.19. The normalized spacial score (nSPS) is 9.69. The predicted molar refractivity (Wildman–Crippen MR) is 51.2 cm³/mol. The lowest BCUT2D eigenvalue weighted by Gasteiger charge is -2.22. The number of rotatable bonds is 5. The number of aromatic nitrogens is 2. The first kappa shape index (κ1) is 14.8. The fraction of sp³-hybridized carbons (Fsp3) is 0.500. The Hall–Kier alpha value is -1.18. The van der Waals surface area contributed by atoms with Crippen molar-refractivity contribution >= 4 is 5.82 Å². The number of hydrogen-bond acceptors (Lipinski definition) is 5. The summed E-state index contributed by atoms with van der Waals surface area (Å²) < 4.78 is 13.2. The molecule has 0 aliphatic heterocycles. The molecule has 0 aliphatic rings. The Balaban J connectivity index is 0.00000225. The summed E-state index contributed by atoms with van der Waals surface area (Å²) in [6.45, 7) is -0.164. The maximum atomic E-state index is 13.2. The number of H-pyrrole nitrogens is 1. The molecular formula is C8H12ClFN3O3-. The fourth-order valence-corrected chi connectivity index (χ4v) is 1.18. The van der Waals surface area contributed by atoms with E-state index < -0.39 is 11.5 Å². The van der Waals surface area contributed by atoms with E-state index in [2.05, 4.69) is 9.97 Å². The number of halogens is 2. The van der Waals surface area contributed by atoms with Crippen LogP contribution in [0.5, 0.6) is 0 Å². The highest BCUT2D eigenvalue weighted by molar-refractivity contribution is 5.38. The predicted octanol–water partition coefficient (Wildman–Crippen LogP) is -4.30. The van der Waals surface area contributed by atoms with Crippen molar-refractivity contribution in [2.24, 2.45) is 0 Å². The van der Waals surface area contributed by atoms with Crippen LogP contribution in [0.25, 0.3) is 0 Å². The molecule has 1 heterocycles. The molecule has 16 heavy (non-hydrogen) atoms. The van der Waals surface area contributed by atoms with Crippen molar-refractivity contribution in [1.29, 1.82) is 0 Å². The number of nitrogens with one attached hydrogen (secondary N) is 1. The molecule has 0 fully saturated rings. The Labute approximate surface area is 97.2 Å². The summed E-state index contributed by atoms with van der Waals surface area (Å²) in [5.74, 6) is -0.769. The highest BCUT2D eigenvalue weighted by Gasteiger charge is 2.11. The first-order valence-electron chi connectivity index (χ1n) is 4.40. The Bertz CT molecular complexity index is 368. The minimum Gasteiger partial charge on any atom is -1.00 e. The van der Waals surface area contributed by atoms with E-state index >= 15 is 0 Å². The number of nitrogens with zero attached hydrogens (tertiary/aromatic N) is 2. The molecule has 92 valence electrons. The zero-order chi connectivity index (χ0) is 11.3. The van der Waals surface area contributed by atoms with Gasteiger partial charge in [-0.25, -0.2) is 9.18 Å². The van der Waals surface area contributed by atoms with Crippen molar-refractivity contribution < 1.29 is 27.0 Å². The van der Waals surface area contributed by atoms with Gasteiger partial charge < -0.3 is 27.5 Å². The van der Waals surface area contributed by atoms with Gasteiger partial charge in [-0.2, -0.15) is 4.98 Å². The molecule has 0 amide bonds. The summed E-state index contributed by atoms with van der Waals surface area (Å²) >= 11 is 0. The van der Waals surface area contributed by atoms with Gasteiger partial charge in [0.05, 0.1) is 19.4 Å². The minimum atomic E-state index is -0.698. The van der Waals surface area contributed by atoms with Crippen molar-refractivity contribution in [3.63, 3.8) is 0 Å². The van der Waals surface area contributed by atoms with E-state index in [0.29, 0.717) is 0 Å². The van der Waals surface area contributed by atoms with Crippen LogP contribution in [0.1, 0.15) is 0 Å². The molecule has 0 radical (unpaired) electrons. The lowest BCUT2D eigenvalue weighted by molar-refractivity contribution is -0.00000613. The third-order valence-corrected chi connectivity index (χ3v) is 1.80. The summed E-state index contributed by atoms with van der Waals surface area (Å²) in [7, 11) is 0. The van der Waals surface area contributed by atoms with Gasteiger partial charge in [0.25, 0.3) is 0 Å². The lowest BCUT2D eigenvalue weighted by atomic mass is 10.4. The summed E-state index contributed by atoms with van der Waals surface area (Å²) in [6.07, 6.45) is 0.802. The zero-order valence-electron chi connectivity index (χ0n) is 8.36. The Morgan fingerprint density at radius 2 is 1.94 bits per heavy atom. The van der Waals surface area contributed by atoms with Crippen LogP contribution in [0.4, 0.5) is 10.2 Å². The van der Waals surface area contributed by atoms with Crippen LogP contribution in [-0.4, -0.2) is 46.5 Å². The van der Waals surface area contributed by atoms with Gasteiger partial charge in [0, 0.05) is 13.1 Å². The second-order valence-electron chi connectivity index (χ2n) is 2.82. The van der Waals surface area contributed by atoms with Crippen molar-refractivity contribution in [2.75, 3.05) is 31.2 Å². The molecule has 6 nitrogen and oxygen atoms in total. The number of aromatic amines is 1. The summed E-state index contributed by atoms with van der Waals surface area (Å²) in [5.41, 5.74) is -0.674. The molecule has 0 saturated carbocycles. The van der Waals surface area contributed by atoms with Crippen molar-refractivity contribution in [1.82, 2.24) is 9.97 Å². The van der Waals surface area contributed by atoms with Gasteiger partial charge in [0.1, 0.15) is 5.82 Å². The smallest absolute Gasteiger partial charge is 0.346 e. The quantitative estimate of drug-likeness (QED) is 0.494. The molecule has 0 spiro atoms. The molecule has 8 heteroatoms.